The molecule has 0 aliphatic heterocycles. The van der Waals surface area contributed by atoms with Gasteiger partial charge in [0.1, 0.15) is 10.6 Å². The van der Waals surface area contributed by atoms with E-state index in [2.05, 4.69) is 15.2 Å². The van der Waals surface area contributed by atoms with Crippen LogP contribution in [-0.2, 0) is 15.8 Å². The van der Waals surface area contributed by atoms with E-state index in [0.29, 0.717) is 22.6 Å². The molecular weight excluding hydrogens is 384 g/mol. The molecular formula is C14H16N4O4S3. The molecule has 0 unspecified atom stereocenters. The molecule has 11 heteroatoms. The summed E-state index contributed by atoms with van der Waals surface area (Å²) in [5, 5.41) is 9.27. The summed E-state index contributed by atoms with van der Waals surface area (Å²) in [7, 11) is -0.665. The standard InChI is InChI=1S/C14H16N4O4S3/c1-8-12(24-9(2)15-8)13-16-17-14(22-13)23-7-10-5-6-11(21-10)25(19,20)18(3)4/h5-6H,7H2,1-4H3. The highest BCUT2D eigenvalue weighted by Gasteiger charge is 2.22. The highest BCUT2D eigenvalue weighted by Crippen LogP contribution is 2.31. The Labute approximate surface area is 153 Å². The van der Waals surface area contributed by atoms with Gasteiger partial charge in [-0.2, -0.15) is 0 Å². The fourth-order valence-electron chi connectivity index (χ4n) is 1.98. The minimum atomic E-state index is -3.57. The van der Waals surface area contributed by atoms with Gasteiger partial charge in [-0.1, -0.05) is 11.8 Å². The molecule has 0 amide bonds. The topological polar surface area (TPSA) is 102 Å². The maximum Gasteiger partial charge on any atom is 0.277 e. The lowest BCUT2D eigenvalue weighted by molar-refractivity contribution is 0.407. The molecule has 0 fully saturated rings. The number of nitrogens with zero attached hydrogens (tertiary/aromatic N) is 4. The summed E-state index contributed by atoms with van der Waals surface area (Å²) in [4.78, 5) is 5.19. The monoisotopic (exact) mass is 400 g/mol. The minimum Gasteiger partial charge on any atom is -0.447 e. The average molecular weight is 401 g/mol. The zero-order valence-corrected chi connectivity index (χ0v) is 16.5. The number of sulfonamides is 1. The molecule has 3 heterocycles. The molecule has 3 rings (SSSR count). The second-order valence-corrected chi connectivity index (χ2v) is 9.53. The molecule has 25 heavy (non-hydrogen) atoms. The first-order valence-corrected chi connectivity index (χ1v) is 10.4. The second kappa shape index (κ2) is 6.90. The maximum atomic E-state index is 12.0. The van der Waals surface area contributed by atoms with Gasteiger partial charge in [0.2, 0.25) is 5.09 Å². The van der Waals surface area contributed by atoms with E-state index < -0.39 is 10.0 Å². The van der Waals surface area contributed by atoms with Crippen molar-refractivity contribution in [3.63, 3.8) is 0 Å². The van der Waals surface area contributed by atoms with Crippen molar-refractivity contribution in [2.75, 3.05) is 14.1 Å². The van der Waals surface area contributed by atoms with E-state index in [9.17, 15) is 8.42 Å². The van der Waals surface area contributed by atoms with E-state index in [-0.39, 0.29) is 5.09 Å². The van der Waals surface area contributed by atoms with Crippen molar-refractivity contribution < 1.29 is 17.3 Å². The number of hydrogen-bond donors (Lipinski definition) is 0. The first-order valence-electron chi connectivity index (χ1n) is 7.19. The van der Waals surface area contributed by atoms with Crippen LogP contribution in [0.2, 0.25) is 0 Å². The number of aromatic nitrogens is 3. The molecule has 0 atom stereocenters. The third kappa shape index (κ3) is 3.78. The predicted octanol–water partition coefficient (Wildman–Crippen LogP) is 2.95. The average Bonchev–Trinajstić information content (AvgIpc) is 3.24. The Bertz CT molecular complexity index is 988. The highest BCUT2D eigenvalue weighted by atomic mass is 32.2. The van der Waals surface area contributed by atoms with Crippen LogP contribution in [0.15, 0.2) is 31.3 Å². The number of furan rings is 1. The van der Waals surface area contributed by atoms with Gasteiger partial charge >= 0.3 is 0 Å². The Morgan fingerprint density at radius 2 is 1.96 bits per heavy atom. The zero-order chi connectivity index (χ0) is 18.2. The van der Waals surface area contributed by atoms with Crippen LogP contribution in [0.5, 0.6) is 0 Å². The molecule has 3 aromatic rings. The summed E-state index contributed by atoms with van der Waals surface area (Å²) in [6, 6.07) is 3.06. The van der Waals surface area contributed by atoms with E-state index in [0.717, 1.165) is 19.9 Å². The summed E-state index contributed by atoms with van der Waals surface area (Å²) < 4.78 is 36.1. The van der Waals surface area contributed by atoms with Gasteiger partial charge in [-0.25, -0.2) is 17.7 Å². The number of hydrogen-bond acceptors (Lipinski definition) is 9. The van der Waals surface area contributed by atoms with Gasteiger partial charge in [0.05, 0.1) is 16.5 Å². The van der Waals surface area contributed by atoms with Crippen molar-refractivity contribution >= 4 is 33.1 Å². The molecule has 0 saturated heterocycles. The van der Waals surface area contributed by atoms with Crippen molar-refractivity contribution in [1.29, 1.82) is 0 Å². The molecule has 0 N–H and O–H groups in total. The van der Waals surface area contributed by atoms with Crippen LogP contribution in [0, 0.1) is 13.8 Å². The number of aryl methyl sites for hydroxylation is 2. The molecule has 0 saturated carbocycles. The smallest absolute Gasteiger partial charge is 0.277 e. The Balaban J connectivity index is 1.69. The SMILES string of the molecule is Cc1nc(C)c(-c2nnc(SCc3ccc(S(=O)(=O)N(C)C)o3)o2)s1. The predicted molar refractivity (Wildman–Crippen MR) is 94.0 cm³/mol. The summed E-state index contributed by atoms with van der Waals surface area (Å²) in [6.45, 7) is 3.81. The third-order valence-electron chi connectivity index (χ3n) is 3.21. The van der Waals surface area contributed by atoms with Crippen molar-refractivity contribution in [3.05, 3.63) is 28.6 Å². The van der Waals surface area contributed by atoms with Crippen LogP contribution in [-0.4, -0.2) is 42.0 Å². The van der Waals surface area contributed by atoms with Crippen molar-refractivity contribution in [2.45, 2.75) is 29.9 Å². The van der Waals surface area contributed by atoms with E-state index >= 15 is 0 Å². The minimum absolute atomic E-state index is 0.0879. The number of thiazole rings is 1. The quantitative estimate of drug-likeness (QED) is 0.582. The summed E-state index contributed by atoms with van der Waals surface area (Å²) in [5.74, 6) is 1.32. The zero-order valence-electron chi connectivity index (χ0n) is 14.0. The first kappa shape index (κ1) is 18.1. The maximum absolute atomic E-state index is 12.0. The lowest BCUT2D eigenvalue weighted by Gasteiger charge is -2.07. The van der Waals surface area contributed by atoms with Crippen molar-refractivity contribution in [3.8, 4) is 10.8 Å². The Morgan fingerprint density at radius 3 is 2.60 bits per heavy atom. The largest absolute Gasteiger partial charge is 0.447 e. The molecule has 134 valence electrons. The fraction of sp³-hybridized carbons (Fsp3) is 0.357. The molecule has 0 bridgehead atoms. The molecule has 0 aliphatic carbocycles. The normalized spacial score (nSPS) is 12.2. The van der Waals surface area contributed by atoms with Crippen LogP contribution in [0.25, 0.3) is 10.8 Å². The van der Waals surface area contributed by atoms with Gasteiger partial charge in [0.25, 0.3) is 21.1 Å². The van der Waals surface area contributed by atoms with Gasteiger partial charge < -0.3 is 8.83 Å². The van der Waals surface area contributed by atoms with Gasteiger partial charge in [0, 0.05) is 14.1 Å². The van der Waals surface area contributed by atoms with Gasteiger partial charge in [-0.3, -0.25) is 0 Å². The lowest BCUT2D eigenvalue weighted by Crippen LogP contribution is -2.21. The van der Waals surface area contributed by atoms with E-state index in [1.807, 2.05) is 13.8 Å². The van der Waals surface area contributed by atoms with Gasteiger partial charge in [0.15, 0.2) is 0 Å². The molecule has 0 aliphatic rings. The molecule has 0 radical (unpaired) electrons. The highest BCUT2D eigenvalue weighted by molar-refractivity contribution is 7.98. The van der Waals surface area contributed by atoms with E-state index in [1.165, 1.54) is 43.3 Å². The second-order valence-electron chi connectivity index (χ2n) is 5.32. The summed E-state index contributed by atoms with van der Waals surface area (Å²) in [6.07, 6.45) is 0. The summed E-state index contributed by atoms with van der Waals surface area (Å²) >= 11 is 2.77. The van der Waals surface area contributed by atoms with Crippen LogP contribution >= 0.6 is 23.1 Å². The molecule has 8 nitrogen and oxygen atoms in total. The van der Waals surface area contributed by atoms with E-state index in [1.54, 1.807) is 6.07 Å². The Kier molecular flexibility index (Phi) is 5.00. The molecule has 3 aromatic heterocycles. The number of rotatable bonds is 6. The third-order valence-corrected chi connectivity index (χ3v) is 6.81. The van der Waals surface area contributed by atoms with Crippen LogP contribution in [0.3, 0.4) is 0 Å². The molecule has 0 aromatic carbocycles. The van der Waals surface area contributed by atoms with Crippen LogP contribution < -0.4 is 0 Å². The Hall–Kier alpha value is -1.69. The van der Waals surface area contributed by atoms with Crippen molar-refractivity contribution in [1.82, 2.24) is 19.5 Å². The fourth-order valence-corrected chi connectivity index (χ4v) is 4.29. The van der Waals surface area contributed by atoms with Crippen molar-refractivity contribution in [2.24, 2.45) is 0 Å². The van der Waals surface area contributed by atoms with Gasteiger partial charge in [-0.05, 0) is 26.0 Å². The first-order chi connectivity index (χ1) is 11.8. The number of thioether (sulfide) groups is 1. The van der Waals surface area contributed by atoms with Crippen LogP contribution in [0.4, 0.5) is 0 Å². The molecule has 0 spiro atoms. The lowest BCUT2D eigenvalue weighted by atomic mass is 10.4. The Morgan fingerprint density at radius 1 is 1.20 bits per heavy atom. The summed E-state index contributed by atoms with van der Waals surface area (Å²) in [5.41, 5.74) is 0.854. The van der Waals surface area contributed by atoms with Crippen LogP contribution in [0.1, 0.15) is 16.5 Å². The van der Waals surface area contributed by atoms with Gasteiger partial charge in [-0.15, -0.1) is 21.5 Å². The van der Waals surface area contributed by atoms with E-state index in [4.69, 9.17) is 8.83 Å².